The highest BCUT2D eigenvalue weighted by molar-refractivity contribution is 6.30. The fraction of sp³-hybridized carbons (Fsp3) is 0.455. The molecule has 0 radical (unpaired) electrons. The van der Waals surface area contributed by atoms with Gasteiger partial charge in [-0.1, -0.05) is 11.6 Å². The number of benzene rings is 1. The van der Waals surface area contributed by atoms with Crippen molar-refractivity contribution in [2.24, 2.45) is 0 Å². The molecule has 82 valence electrons. The van der Waals surface area contributed by atoms with Crippen LogP contribution in [0.3, 0.4) is 0 Å². The minimum Gasteiger partial charge on any atom is -0.347 e. The lowest BCUT2D eigenvalue weighted by atomic mass is 10.2. The minimum atomic E-state index is -0.0233. The lowest BCUT2D eigenvalue weighted by Gasteiger charge is -2.21. The number of aryl methyl sites for hydroxylation is 1. The zero-order valence-electron chi connectivity index (χ0n) is 8.96. The molecule has 0 saturated carbocycles. The summed E-state index contributed by atoms with van der Waals surface area (Å²) in [6.07, 6.45) is -0.0233. The van der Waals surface area contributed by atoms with Crippen LogP contribution in [0.5, 0.6) is 0 Å². The van der Waals surface area contributed by atoms with Gasteiger partial charge in [-0.2, -0.15) is 0 Å². The molecule has 1 fully saturated rings. The van der Waals surface area contributed by atoms with Crippen molar-refractivity contribution in [2.75, 3.05) is 25.5 Å². The second-order valence-corrected chi connectivity index (χ2v) is 4.24. The Hall–Kier alpha value is -0.770. The normalized spacial score (nSPS) is 21.9. The summed E-state index contributed by atoms with van der Waals surface area (Å²) in [4.78, 5) is 2.13. The van der Waals surface area contributed by atoms with Crippen molar-refractivity contribution in [3.05, 3.63) is 28.8 Å². The fourth-order valence-corrected chi connectivity index (χ4v) is 1.85. The zero-order chi connectivity index (χ0) is 10.8. The molecule has 1 unspecified atom stereocenters. The van der Waals surface area contributed by atoms with Crippen molar-refractivity contribution in [3.8, 4) is 0 Å². The Morgan fingerprint density at radius 3 is 2.93 bits per heavy atom. The topological polar surface area (TPSA) is 24.5 Å². The van der Waals surface area contributed by atoms with Gasteiger partial charge in [0, 0.05) is 17.3 Å². The van der Waals surface area contributed by atoms with Gasteiger partial charge in [0.25, 0.3) is 0 Å². The molecule has 1 N–H and O–H groups in total. The van der Waals surface area contributed by atoms with Crippen LogP contribution in [0, 0.1) is 6.92 Å². The molecule has 0 amide bonds. The summed E-state index contributed by atoms with van der Waals surface area (Å²) < 4.78 is 5.54. The van der Waals surface area contributed by atoms with Gasteiger partial charge in [-0.15, -0.1) is 0 Å². The second-order valence-electron chi connectivity index (χ2n) is 3.81. The summed E-state index contributed by atoms with van der Waals surface area (Å²) in [5.74, 6) is 0. The molecule has 2 rings (SSSR count). The van der Waals surface area contributed by atoms with Gasteiger partial charge in [-0.3, -0.25) is 4.90 Å². The number of nitrogens with one attached hydrogen (secondary N) is 1. The van der Waals surface area contributed by atoms with Gasteiger partial charge in [0.05, 0.1) is 6.61 Å². The van der Waals surface area contributed by atoms with Crippen molar-refractivity contribution in [1.29, 1.82) is 0 Å². The number of halogens is 1. The Kier molecular flexibility index (Phi) is 3.14. The molecular weight excluding hydrogens is 212 g/mol. The van der Waals surface area contributed by atoms with E-state index < -0.39 is 0 Å². The van der Waals surface area contributed by atoms with Gasteiger partial charge >= 0.3 is 0 Å². The number of anilines is 1. The van der Waals surface area contributed by atoms with E-state index in [2.05, 4.69) is 10.2 Å². The first-order valence-corrected chi connectivity index (χ1v) is 5.39. The molecule has 1 atom stereocenters. The number of nitrogens with zero attached hydrogens (tertiary/aromatic N) is 1. The molecule has 0 aromatic heterocycles. The van der Waals surface area contributed by atoms with E-state index in [4.69, 9.17) is 16.3 Å². The minimum absolute atomic E-state index is 0.0233. The molecule has 1 aromatic carbocycles. The van der Waals surface area contributed by atoms with Gasteiger partial charge in [0.15, 0.2) is 6.35 Å². The smallest absolute Gasteiger partial charge is 0.186 e. The third-order valence-electron chi connectivity index (χ3n) is 2.59. The Bertz CT molecular complexity index is 356. The Labute approximate surface area is 95.0 Å². The first-order chi connectivity index (χ1) is 7.16. The van der Waals surface area contributed by atoms with Gasteiger partial charge in [0.2, 0.25) is 0 Å². The number of hydrogen-bond acceptors (Lipinski definition) is 3. The molecule has 1 saturated heterocycles. The standard InChI is InChI=1S/C11H15ClN2O/c1-8-7-9(12)3-4-10(8)13-11-14(2)5-6-15-11/h3-4,7,11,13H,5-6H2,1-2H3. The van der Waals surface area contributed by atoms with Crippen LogP contribution in [0.2, 0.25) is 5.02 Å². The third kappa shape index (κ3) is 2.43. The largest absolute Gasteiger partial charge is 0.347 e. The predicted octanol–water partition coefficient (Wildman–Crippen LogP) is 2.31. The molecule has 15 heavy (non-hydrogen) atoms. The molecule has 0 aliphatic carbocycles. The first kappa shape index (κ1) is 10.7. The van der Waals surface area contributed by atoms with Crippen LogP contribution in [0.4, 0.5) is 5.69 Å². The molecule has 1 heterocycles. The van der Waals surface area contributed by atoms with E-state index in [1.165, 1.54) is 0 Å². The van der Waals surface area contributed by atoms with E-state index >= 15 is 0 Å². The maximum Gasteiger partial charge on any atom is 0.186 e. The Morgan fingerprint density at radius 1 is 1.53 bits per heavy atom. The highest BCUT2D eigenvalue weighted by Crippen LogP contribution is 2.21. The van der Waals surface area contributed by atoms with Crippen LogP contribution in [0.15, 0.2) is 18.2 Å². The average molecular weight is 227 g/mol. The highest BCUT2D eigenvalue weighted by Gasteiger charge is 2.21. The maximum atomic E-state index is 5.89. The SMILES string of the molecule is Cc1cc(Cl)ccc1NC1OCCN1C. The lowest BCUT2D eigenvalue weighted by Crippen LogP contribution is -2.33. The van der Waals surface area contributed by atoms with Crippen molar-refractivity contribution in [1.82, 2.24) is 4.90 Å². The van der Waals surface area contributed by atoms with Gasteiger partial charge < -0.3 is 10.1 Å². The maximum absolute atomic E-state index is 5.89. The zero-order valence-corrected chi connectivity index (χ0v) is 9.71. The summed E-state index contributed by atoms with van der Waals surface area (Å²) in [6, 6.07) is 5.80. The van der Waals surface area contributed by atoms with Crippen molar-refractivity contribution < 1.29 is 4.74 Å². The summed E-state index contributed by atoms with van der Waals surface area (Å²) in [5, 5.41) is 4.09. The lowest BCUT2D eigenvalue weighted by molar-refractivity contribution is 0.0701. The summed E-state index contributed by atoms with van der Waals surface area (Å²) >= 11 is 5.89. The molecule has 4 heteroatoms. The van der Waals surface area contributed by atoms with Crippen molar-refractivity contribution in [3.63, 3.8) is 0 Å². The summed E-state index contributed by atoms with van der Waals surface area (Å²) in [5.41, 5.74) is 2.20. The first-order valence-electron chi connectivity index (χ1n) is 5.01. The molecule has 1 aromatic rings. The predicted molar refractivity (Wildman–Crippen MR) is 62.2 cm³/mol. The second kappa shape index (κ2) is 4.39. The van der Waals surface area contributed by atoms with Gasteiger partial charge in [-0.25, -0.2) is 0 Å². The highest BCUT2D eigenvalue weighted by atomic mass is 35.5. The van der Waals surface area contributed by atoms with E-state index in [9.17, 15) is 0 Å². The van der Waals surface area contributed by atoms with Gasteiger partial charge in [-0.05, 0) is 37.7 Å². The molecule has 1 aliphatic heterocycles. The van der Waals surface area contributed by atoms with Crippen LogP contribution < -0.4 is 5.32 Å². The number of hydrogen-bond donors (Lipinski definition) is 1. The number of likely N-dealkylation sites (N-methyl/N-ethyl adjacent to an activating group) is 1. The fourth-order valence-electron chi connectivity index (χ4n) is 1.63. The van der Waals surface area contributed by atoms with Crippen LogP contribution in [0.25, 0.3) is 0 Å². The Morgan fingerprint density at radius 2 is 2.33 bits per heavy atom. The molecule has 0 bridgehead atoms. The molecule has 1 aliphatic rings. The Balaban J connectivity index is 2.10. The van der Waals surface area contributed by atoms with E-state index in [-0.39, 0.29) is 6.35 Å². The molecule has 3 nitrogen and oxygen atoms in total. The average Bonchev–Trinajstić information content (AvgIpc) is 2.57. The summed E-state index contributed by atoms with van der Waals surface area (Å²) in [7, 11) is 2.04. The number of ether oxygens (including phenoxy) is 1. The van der Waals surface area contributed by atoms with E-state index in [1.807, 2.05) is 32.2 Å². The van der Waals surface area contributed by atoms with Gasteiger partial charge in [0.1, 0.15) is 0 Å². The van der Waals surface area contributed by atoms with E-state index in [0.29, 0.717) is 0 Å². The van der Waals surface area contributed by atoms with E-state index in [1.54, 1.807) is 0 Å². The van der Waals surface area contributed by atoms with Crippen LogP contribution in [-0.2, 0) is 4.74 Å². The van der Waals surface area contributed by atoms with E-state index in [0.717, 1.165) is 29.4 Å². The van der Waals surface area contributed by atoms with Crippen LogP contribution >= 0.6 is 11.6 Å². The van der Waals surface area contributed by atoms with Crippen molar-refractivity contribution >= 4 is 17.3 Å². The molecule has 0 spiro atoms. The van der Waals surface area contributed by atoms with Crippen molar-refractivity contribution in [2.45, 2.75) is 13.3 Å². The summed E-state index contributed by atoms with van der Waals surface area (Å²) in [6.45, 7) is 3.77. The quantitative estimate of drug-likeness (QED) is 0.838. The number of rotatable bonds is 2. The van der Waals surface area contributed by atoms with Crippen LogP contribution in [0.1, 0.15) is 5.56 Å². The monoisotopic (exact) mass is 226 g/mol. The van der Waals surface area contributed by atoms with Crippen LogP contribution in [-0.4, -0.2) is 31.5 Å². The molecular formula is C11H15ClN2O. The third-order valence-corrected chi connectivity index (χ3v) is 2.82.